The van der Waals surface area contributed by atoms with Crippen LogP contribution in [0.5, 0.6) is 0 Å². The molecule has 0 spiro atoms. The van der Waals surface area contributed by atoms with E-state index in [0.29, 0.717) is 18.4 Å². The Labute approximate surface area is 120 Å². The van der Waals surface area contributed by atoms with E-state index in [1.165, 1.54) is 5.56 Å². The van der Waals surface area contributed by atoms with Gasteiger partial charge in [0.25, 0.3) is 0 Å². The predicted octanol–water partition coefficient (Wildman–Crippen LogP) is 2.12. The van der Waals surface area contributed by atoms with Gasteiger partial charge in [0.2, 0.25) is 5.91 Å². The molecule has 3 rings (SSSR count). The molecule has 1 aliphatic carbocycles. The Morgan fingerprint density at radius 1 is 1.25 bits per heavy atom. The van der Waals surface area contributed by atoms with Gasteiger partial charge in [0.05, 0.1) is 6.04 Å². The largest absolute Gasteiger partial charge is 0.335 e. The van der Waals surface area contributed by atoms with Crippen LogP contribution in [0.4, 0.5) is 0 Å². The van der Waals surface area contributed by atoms with Crippen molar-refractivity contribution in [3.05, 3.63) is 30.1 Å². The van der Waals surface area contributed by atoms with Gasteiger partial charge in [0.1, 0.15) is 0 Å². The number of pyridine rings is 1. The summed E-state index contributed by atoms with van der Waals surface area (Å²) in [5.74, 6) is 0.876. The molecule has 1 amide bonds. The Morgan fingerprint density at radius 3 is 2.80 bits per heavy atom. The highest BCUT2D eigenvalue weighted by Crippen LogP contribution is 2.38. The quantitative estimate of drug-likeness (QED) is 0.917. The van der Waals surface area contributed by atoms with Crippen LogP contribution in [0.1, 0.15) is 43.7 Å². The topological polar surface area (TPSA) is 59.2 Å². The number of hydrogen-bond acceptors (Lipinski definition) is 3. The smallest absolute Gasteiger partial charge is 0.226 e. The van der Waals surface area contributed by atoms with E-state index < -0.39 is 0 Å². The first-order valence-corrected chi connectivity index (χ1v) is 7.71. The van der Waals surface area contributed by atoms with Crippen molar-refractivity contribution in [2.24, 2.45) is 17.6 Å². The van der Waals surface area contributed by atoms with Crippen molar-refractivity contribution in [2.45, 2.75) is 38.1 Å². The fourth-order valence-corrected chi connectivity index (χ4v) is 3.82. The van der Waals surface area contributed by atoms with Crippen molar-refractivity contribution in [2.75, 3.05) is 13.1 Å². The molecule has 1 aromatic heterocycles. The molecule has 1 aromatic rings. The zero-order valence-electron chi connectivity index (χ0n) is 11.9. The molecule has 2 fully saturated rings. The Balaban J connectivity index is 1.77. The molecular weight excluding hydrogens is 250 g/mol. The third kappa shape index (κ3) is 2.44. The third-order valence-corrected chi connectivity index (χ3v) is 4.91. The third-order valence-electron chi connectivity index (χ3n) is 4.91. The van der Waals surface area contributed by atoms with Crippen molar-refractivity contribution < 1.29 is 4.79 Å². The lowest BCUT2D eigenvalue weighted by molar-refractivity contribution is -0.137. The van der Waals surface area contributed by atoms with E-state index >= 15 is 0 Å². The minimum atomic E-state index is 0.155. The first-order chi connectivity index (χ1) is 9.81. The number of carbonyl (C=O) groups is 1. The van der Waals surface area contributed by atoms with E-state index in [1.807, 2.05) is 24.5 Å². The second-order valence-corrected chi connectivity index (χ2v) is 6.00. The van der Waals surface area contributed by atoms with Crippen LogP contribution in [-0.2, 0) is 4.79 Å². The van der Waals surface area contributed by atoms with E-state index in [4.69, 9.17) is 5.73 Å². The van der Waals surface area contributed by atoms with Crippen LogP contribution in [0, 0.1) is 11.8 Å². The average Bonchev–Trinajstić information content (AvgIpc) is 3.16. The summed E-state index contributed by atoms with van der Waals surface area (Å²) in [5, 5.41) is 0. The van der Waals surface area contributed by atoms with Crippen LogP contribution < -0.4 is 5.73 Å². The fourth-order valence-electron chi connectivity index (χ4n) is 3.82. The summed E-state index contributed by atoms with van der Waals surface area (Å²) in [4.78, 5) is 19.0. The van der Waals surface area contributed by atoms with E-state index in [2.05, 4.69) is 9.88 Å². The number of amides is 1. The lowest BCUT2D eigenvalue weighted by Gasteiger charge is -2.29. The fraction of sp³-hybridized carbons (Fsp3) is 0.625. The molecule has 1 saturated heterocycles. The Hall–Kier alpha value is -1.42. The highest BCUT2D eigenvalue weighted by molar-refractivity contribution is 5.80. The van der Waals surface area contributed by atoms with E-state index in [0.717, 1.165) is 38.6 Å². The van der Waals surface area contributed by atoms with Gasteiger partial charge in [0, 0.05) is 24.9 Å². The molecular formula is C16H23N3O. The van der Waals surface area contributed by atoms with Crippen molar-refractivity contribution in [1.82, 2.24) is 9.88 Å². The molecule has 4 heteroatoms. The molecule has 20 heavy (non-hydrogen) atoms. The first kappa shape index (κ1) is 13.6. The number of nitrogens with zero attached hydrogens (tertiary/aromatic N) is 2. The van der Waals surface area contributed by atoms with Gasteiger partial charge >= 0.3 is 0 Å². The van der Waals surface area contributed by atoms with Gasteiger partial charge in [-0.3, -0.25) is 9.78 Å². The maximum absolute atomic E-state index is 12.9. The average molecular weight is 273 g/mol. The minimum absolute atomic E-state index is 0.155. The van der Waals surface area contributed by atoms with Crippen molar-refractivity contribution in [3.8, 4) is 0 Å². The van der Waals surface area contributed by atoms with Gasteiger partial charge in [-0.05, 0) is 55.8 Å². The van der Waals surface area contributed by atoms with Crippen LogP contribution in [0.15, 0.2) is 24.5 Å². The molecule has 0 aromatic carbocycles. The number of hydrogen-bond donors (Lipinski definition) is 1. The van der Waals surface area contributed by atoms with Gasteiger partial charge in [0.15, 0.2) is 0 Å². The normalized spacial score (nSPS) is 29.9. The second kappa shape index (κ2) is 5.92. The second-order valence-electron chi connectivity index (χ2n) is 6.00. The van der Waals surface area contributed by atoms with Crippen LogP contribution >= 0.6 is 0 Å². The molecule has 2 N–H and O–H groups in total. The molecule has 4 nitrogen and oxygen atoms in total. The molecule has 3 atom stereocenters. The van der Waals surface area contributed by atoms with Gasteiger partial charge < -0.3 is 10.6 Å². The maximum Gasteiger partial charge on any atom is 0.226 e. The zero-order chi connectivity index (χ0) is 13.9. The van der Waals surface area contributed by atoms with Crippen LogP contribution in [0.25, 0.3) is 0 Å². The Morgan fingerprint density at radius 2 is 2.05 bits per heavy atom. The zero-order valence-corrected chi connectivity index (χ0v) is 11.9. The van der Waals surface area contributed by atoms with E-state index in [-0.39, 0.29) is 12.0 Å². The molecule has 108 valence electrons. The van der Waals surface area contributed by atoms with E-state index in [1.54, 1.807) is 0 Å². The van der Waals surface area contributed by atoms with Crippen molar-refractivity contribution >= 4 is 5.91 Å². The molecule has 1 unspecified atom stereocenters. The number of carbonyl (C=O) groups excluding carboxylic acids is 1. The summed E-state index contributed by atoms with van der Waals surface area (Å²) in [5.41, 5.74) is 7.04. The number of likely N-dealkylation sites (tertiary alicyclic amines) is 1. The van der Waals surface area contributed by atoms with Gasteiger partial charge in [-0.1, -0.05) is 6.42 Å². The summed E-state index contributed by atoms with van der Waals surface area (Å²) < 4.78 is 0. The molecule has 0 radical (unpaired) electrons. The van der Waals surface area contributed by atoms with Gasteiger partial charge in [-0.15, -0.1) is 0 Å². The lowest BCUT2D eigenvalue weighted by atomic mass is 9.94. The van der Waals surface area contributed by atoms with Crippen LogP contribution in [-0.4, -0.2) is 28.9 Å². The monoisotopic (exact) mass is 273 g/mol. The molecule has 2 aliphatic rings. The number of rotatable bonds is 3. The molecule has 1 saturated carbocycles. The van der Waals surface area contributed by atoms with Crippen LogP contribution in [0.3, 0.4) is 0 Å². The number of nitrogens with two attached hydrogens (primary N) is 1. The summed E-state index contributed by atoms with van der Waals surface area (Å²) >= 11 is 0. The SMILES string of the molecule is NC[C@H]1CCC[C@H]1C(=O)N1CCCC1c1ccncc1. The molecule has 2 heterocycles. The molecule has 1 aliphatic heterocycles. The number of aromatic nitrogens is 1. The maximum atomic E-state index is 12.9. The Kier molecular flexibility index (Phi) is 4.01. The summed E-state index contributed by atoms with van der Waals surface area (Å²) in [7, 11) is 0. The van der Waals surface area contributed by atoms with E-state index in [9.17, 15) is 4.79 Å². The Bertz CT molecular complexity index is 462. The summed E-state index contributed by atoms with van der Waals surface area (Å²) in [6.07, 6.45) is 9.06. The van der Waals surface area contributed by atoms with Gasteiger partial charge in [-0.2, -0.15) is 0 Å². The van der Waals surface area contributed by atoms with Crippen molar-refractivity contribution in [3.63, 3.8) is 0 Å². The highest BCUT2D eigenvalue weighted by atomic mass is 16.2. The van der Waals surface area contributed by atoms with Crippen LogP contribution in [0.2, 0.25) is 0 Å². The summed E-state index contributed by atoms with van der Waals surface area (Å²) in [6.45, 7) is 1.53. The predicted molar refractivity (Wildman–Crippen MR) is 77.8 cm³/mol. The highest BCUT2D eigenvalue weighted by Gasteiger charge is 2.38. The minimum Gasteiger partial charge on any atom is -0.335 e. The summed E-state index contributed by atoms with van der Waals surface area (Å²) in [6, 6.07) is 4.31. The van der Waals surface area contributed by atoms with Gasteiger partial charge in [-0.25, -0.2) is 0 Å². The molecule has 0 bridgehead atoms. The lowest BCUT2D eigenvalue weighted by Crippen LogP contribution is -2.38. The first-order valence-electron chi connectivity index (χ1n) is 7.71. The standard InChI is InChI=1S/C16H23N3O/c17-11-13-3-1-4-14(13)16(20)19-10-2-5-15(19)12-6-8-18-9-7-12/h6-9,13-15H,1-5,10-11,17H2/t13-,14-,15?/m1/s1. The van der Waals surface area contributed by atoms with Crippen molar-refractivity contribution in [1.29, 1.82) is 0 Å².